The number of rotatable bonds is 4. The second-order valence-electron chi connectivity index (χ2n) is 9.01. The van der Waals surface area contributed by atoms with E-state index >= 15 is 0 Å². The molecule has 2 N–H and O–H groups in total. The molecule has 1 aromatic carbocycles. The molecule has 1 fully saturated rings. The Morgan fingerprint density at radius 1 is 1.30 bits per heavy atom. The Hall–Kier alpha value is -3.10. The highest BCUT2D eigenvalue weighted by atomic mass is 79.9. The summed E-state index contributed by atoms with van der Waals surface area (Å²) in [4.78, 5) is 28.6. The van der Waals surface area contributed by atoms with Gasteiger partial charge in [0.15, 0.2) is 11.3 Å². The van der Waals surface area contributed by atoms with Gasteiger partial charge in [0.25, 0.3) is 0 Å². The second-order valence-corrected chi connectivity index (χ2v) is 9.80. The van der Waals surface area contributed by atoms with Crippen LogP contribution in [0.4, 0.5) is 10.3 Å². The summed E-state index contributed by atoms with van der Waals surface area (Å²) in [5.41, 5.74) is 2.28. The number of halogens is 2. The molecule has 9 nitrogen and oxygen atoms in total. The van der Waals surface area contributed by atoms with Gasteiger partial charge < -0.3 is 9.74 Å². The van der Waals surface area contributed by atoms with E-state index in [0.717, 1.165) is 0 Å². The Balaban J connectivity index is 1.62. The molecule has 0 spiro atoms. The number of aromatic nitrogens is 4. The van der Waals surface area contributed by atoms with E-state index in [1.54, 1.807) is 39.0 Å². The fourth-order valence-electron chi connectivity index (χ4n) is 3.76. The van der Waals surface area contributed by atoms with Crippen LogP contribution in [0.15, 0.2) is 28.9 Å². The van der Waals surface area contributed by atoms with Crippen molar-refractivity contribution in [2.45, 2.75) is 39.2 Å². The lowest BCUT2D eigenvalue weighted by Crippen LogP contribution is -2.53. The molecule has 1 aliphatic heterocycles. The van der Waals surface area contributed by atoms with Crippen LogP contribution in [0, 0.1) is 22.6 Å². The van der Waals surface area contributed by atoms with E-state index in [4.69, 9.17) is 4.84 Å². The Kier molecular flexibility index (Phi) is 6.07. The van der Waals surface area contributed by atoms with Gasteiger partial charge in [-0.15, -0.1) is 5.48 Å². The van der Waals surface area contributed by atoms with Crippen molar-refractivity contribution < 1.29 is 14.0 Å². The van der Waals surface area contributed by atoms with E-state index in [2.05, 4.69) is 47.6 Å². The molecule has 1 saturated heterocycles. The minimum absolute atomic E-state index is 0.207. The van der Waals surface area contributed by atoms with Crippen molar-refractivity contribution in [3.8, 4) is 6.07 Å². The van der Waals surface area contributed by atoms with E-state index in [-0.39, 0.29) is 11.5 Å². The van der Waals surface area contributed by atoms with Gasteiger partial charge in [-0.25, -0.2) is 14.2 Å². The third-order valence-corrected chi connectivity index (χ3v) is 6.28. The van der Waals surface area contributed by atoms with Crippen LogP contribution in [0.3, 0.4) is 0 Å². The molecule has 0 unspecified atom stereocenters. The number of H-pyrrole nitrogens is 1. The number of nitrogens with zero attached hydrogens (tertiary/aromatic N) is 5. The summed E-state index contributed by atoms with van der Waals surface area (Å²) in [5.74, 6) is -0.444. The third-order valence-electron chi connectivity index (χ3n) is 5.70. The van der Waals surface area contributed by atoms with Crippen LogP contribution in [0.1, 0.15) is 44.9 Å². The Morgan fingerprint density at radius 2 is 2.00 bits per heavy atom. The smallest absolute Gasteiger partial charge is 0.330 e. The van der Waals surface area contributed by atoms with Gasteiger partial charge >= 0.3 is 5.97 Å². The van der Waals surface area contributed by atoms with E-state index < -0.39 is 16.9 Å². The van der Waals surface area contributed by atoms with Crippen LogP contribution in [0.25, 0.3) is 11.0 Å². The van der Waals surface area contributed by atoms with E-state index in [0.29, 0.717) is 53.1 Å². The van der Waals surface area contributed by atoms with Gasteiger partial charge in [-0.05, 0) is 55.6 Å². The molecule has 3 aromatic rings. The van der Waals surface area contributed by atoms with Gasteiger partial charge in [0.05, 0.1) is 16.3 Å². The molecule has 172 valence electrons. The summed E-state index contributed by atoms with van der Waals surface area (Å²) >= 11 is 3.32. The Morgan fingerprint density at radius 3 is 2.64 bits per heavy atom. The topological polar surface area (TPSA) is 120 Å². The summed E-state index contributed by atoms with van der Waals surface area (Å²) in [6.45, 7) is 6.14. The molecule has 0 bridgehead atoms. The van der Waals surface area contributed by atoms with Gasteiger partial charge in [0, 0.05) is 18.7 Å². The molecule has 0 radical (unpaired) electrons. The first-order valence-corrected chi connectivity index (χ1v) is 11.2. The fourth-order valence-corrected chi connectivity index (χ4v) is 4.22. The maximum Gasteiger partial charge on any atom is 0.330 e. The van der Waals surface area contributed by atoms with Crippen LogP contribution in [0.2, 0.25) is 0 Å². The summed E-state index contributed by atoms with van der Waals surface area (Å²) in [6, 6.07) is 8.55. The van der Waals surface area contributed by atoms with E-state index in [9.17, 15) is 14.4 Å². The number of piperidine rings is 1. The van der Waals surface area contributed by atoms with E-state index in [1.165, 1.54) is 6.07 Å². The maximum atomic E-state index is 14.8. The molecule has 0 aliphatic carbocycles. The molecular formula is C22H23BrFN7O2. The molecule has 11 heteroatoms. The van der Waals surface area contributed by atoms with Gasteiger partial charge in [-0.1, -0.05) is 18.2 Å². The number of hydroxylamine groups is 1. The minimum Gasteiger partial charge on any atom is -0.369 e. The highest BCUT2D eigenvalue weighted by Gasteiger charge is 2.41. The molecule has 2 aromatic heterocycles. The molecule has 4 rings (SSSR count). The number of anilines is 1. The fraction of sp³-hybridized carbons (Fsp3) is 0.409. The zero-order valence-electron chi connectivity index (χ0n) is 18.4. The van der Waals surface area contributed by atoms with Gasteiger partial charge in [-0.3, -0.25) is 5.10 Å². The number of aromatic amines is 1. The van der Waals surface area contributed by atoms with Crippen molar-refractivity contribution in [2.75, 3.05) is 18.0 Å². The zero-order chi connectivity index (χ0) is 23.8. The third kappa shape index (κ3) is 4.41. The quantitative estimate of drug-likeness (QED) is 0.504. The number of benzene rings is 1. The number of hydrogen-bond acceptors (Lipinski definition) is 8. The lowest BCUT2D eigenvalue weighted by molar-refractivity contribution is -0.167. The molecule has 1 aliphatic rings. The predicted octanol–water partition coefficient (Wildman–Crippen LogP) is 3.72. The average Bonchev–Trinajstić information content (AvgIpc) is 3.17. The minimum atomic E-state index is -0.916. The molecular weight excluding hydrogens is 493 g/mol. The SMILES string of the molecule is CC(C)(C)C(=O)ONC1(c2ccccc2F)CCN(c2nc(C#N)c3c(Br)[nH]nc3n2)CC1. The van der Waals surface area contributed by atoms with Gasteiger partial charge in [-0.2, -0.15) is 15.3 Å². The highest BCUT2D eigenvalue weighted by molar-refractivity contribution is 9.10. The molecule has 3 heterocycles. The molecule has 33 heavy (non-hydrogen) atoms. The lowest BCUT2D eigenvalue weighted by Gasteiger charge is -2.42. The summed E-state index contributed by atoms with van der Waals surface area (Å²) < 4.78 is 15.3. The summed E-state index contributed by atoms with van der Waals surface area (Å²) in [7, 11) is 0. The number of carbonyl (C=O) groups excluding carboxylic acids is 1. The van der Waals surface area contributed by atoms with Crippen LogP contribution in [0.5, 0.6) is 0 Å². The lowest BCUT2D eigenvalue weighted by atomic mass is 9.81. The van der Waals surface area contributed by atoms with Crippen molar-refractivity contribution in [3.63, 3.8) is 0 Å². The van der Waals surface area contributed by atoms with Crippen molar-refractivity contribution in [3.05, 3.63) is 45.9 Å². The first kappa shape index (κ1) is 23.1. The van der Waals surface area contributed by atoms with Crippen molar-refractivity contribution in [1.82, 2.24) is 25.6 Å². The number of hydrogen-bond donors (Lipinski definition) is 2. The predicted molar refractivity (Wildman–Crippen MR) is 122 cm³/mol. The molecule has 0 saturated carbocycles. The Bertz CT molecular complexity index is 1240. The summed E-state index contributed by atoms with van der Waals surface area (Å²) in [6.07, 6.45) is 0.831. The largest absolute Gasteiger partial charge is 0.369 e. The number of carbonyl (C=O) groups is 1. The van der Waals surface area contributed by atoms with Crippen LogP contribution in [-0.4, -0.2) is 39.2 Å². The first-order chi connectivity index (χ1) is 15.6. The molecule has 0 atom stereocenters. The Labute approximate surface area is 198 Å². The second kappa shape index (κ2) is 8.68. The first-order valence-electron chi connectivity index (χ1n) is 10.4. The zero-order valence-corrected chi connectivity index (χ0v) is 20.0. The van der Waals surface area contributed by atoms with Crippen molar-refractivity contribution >= 4 is 38.9 Å². The average molecular weight is 516 g/mol. The standard InChI is InChI=1S/C22H23BrFN7O2/c1-21(2,3)19(32)33-30-22(13-6-4-5-7-14(13)24)8-10-31(11-9-22)20-26-15(12-25)16-17(23)28-29-18(16)27-20/h4-7,30H,8-11H2,1-3H3,(H,26,27,28,29). The van der Waals surface area contributed by atoms with Crippen LogP contribution in [-0.2, 0) is 15.2 Å². The van der Waals surface area contributed by atoms with E-state index in [1.807, 2.05) is 4.90 Å². The monoisotopic (exact) mass is 515 g/mol. The maximum absolute atomic E-state index is 14.8. The van der Waals surface area contributed by atoms with Crippen molar-refractivity contribution in [1.29, 1.82) is 5.26 Å². The highest BCUT2D eigenvalue weighted by Crippen LogP contribution is 2.36. The van der Waals surface area contributed by atoms with Gasteiger partial charge in [0.2, 0.25) is 5.95 Å². The number of fused-ring (bicyclic) bond motifs is 1. The van der Waals surface area contributed by atoms with Gasteiger partial charge in [0.1, 0.15) is 16.5 Å². The normalized spacial score (nSPS) is 15.9. The summed E-state index contributed by atoms with van der Waals surface area (Å²) in [5, 5.41) is 16.9. The number of nitriles is 1. The van der Waals surface area contributed by atoms with Crippen molar-refractivity contribution in [2.24, 2.45) is 5.41 Å². The molecule has 0 amide bonds. The van der Waals surface area contributed by atoms with Crippen LogP contribution >= 0.6 is 15.9 Å². The van der Waals surface area contributed by atoms with Crippen LogP contribution < -0.4 is 10.4 Å². The number of nitrogens with one attached hydrogen (secondary N) is 2.